The first-order valence-corrected chi connectivity index (χ1v) is 10.8. The minimum absolute atomic E-state index is 0.179. The van der Waals surface area contributed by atoms with Crippen LogP contribution in [0.5, 0.6) is 0 Å². The van der Waals surface area contributed by atoms with Crippen molar-refractivity contribution in [1.29, 1.82) is 0 Å². The molecular formula is C22H20FN3O4S. The summed E-state index contributed by atoms with van der Waals surface area (Å²) in [6.45, 7) is -0.482. The molecule has 1 N–H and O–H groups in total. The summed E-state index contributed by atoms with van der Waals surface area (Å²) >= 11 is 0. The van der Waals surface area contributed by atoms with Gasteiger partial charge in [-0.05, 0) is 42.5 Å². The van der Waals surface area contributed by atoms with E-state index in [9.17, 15) is 17.6 Å². The fourth-order valence-corrected chi connectivity index (χ4v) is 4.31. The van der Waals surface area contributed by atoms with Crippen molar-refractivity contribution in [3.8, 4) is 0 Å². The molecular weight excluding hydrogens is 421 g/mol. The molecule has 0 spiro atoms. The molecule has 4 rings (SSSR count). The lowest BCUT2D eigenvalue weighted by Gasteiger charge is -2.26. The summed E-state index contributed by atoms with van der Waals surface area (Å²) in [5, 5.41) is 4.58. The summed E-state index contributed by atoms with van der Waals surface area (Å²) in [6, 6.07) is 17.8. The lowest BCUT2D eigenvalue weighted by molar-refractivity contribution is -0.114. The monoisotopic (exact) mass is 441 g/mol. The molecule has 0 radical (unpaired) electrons. The maximum atomic E-state index is 13.3. The van der Waals surface area contributed by atoms with Crippen LogP contribution < -0.4 is 9.62 Å². The summed E-state index contributed by atoms with van der Waals surface area (Å²) in [7, 11) is -1.26. The number of para-hydroxylation sites is 1. The molecule has 1 aromatic heterocycles. The van der Waals surface area contributed by atoms with Crippen LogP contribution in [-0.4, -0.2) is 39.3 Å². The number of carbonyl (C=O) groups excluding carboxylic acids is 1. The van der Waals surface area contributed by atoms with Crippen LogP contribution in [-0.2, 0) is 15.0 Å². The molecule has 9 heteroatoms. The summed E-state index contributed by atoms with van der Waals surface area (Å²) in [5.74, 6) is -1.06. The van der Waals surface area contributed by atoms with E-state index in [4.69, 9.17) is 4.42 Å². The molecule has 31 heavy (non-hydrogen) atoms. The van der Waals surface area contributed by atoms with E-state index in [1.807, 2.05) is 30.3 Å². The van der Waals surface area contributed by atoms with Crippen LogP contribution >= 0.6 is 0 Å². The number of halogens is 1. The third-order valence-electron chi connectivity index (χ3n) is 4.80. The van der Waals surface area contributed by atoms with E-state index in [0.717, 1.165) is 37.1 Å². The number of hydrogen-bond acceptors (Lipinski definition) is 4. The van der Waals surface area contributed by atoms with Crippen molar-refractivity contribution in [2.45, 2.75) is 0 Å². The first-order chi connectivity index (χ1) is 14.8. The Labute approximate surface area is 178 Å². The van der Waals surface area contributed by atoms with Crippen LogP contribution in [0.15, 0.2) is 71.1 Å². The molecule has 0 saturated carbocycles. The van der Waals surface area contributed by atoms with E-state index < -0.39 is 28.5 Å². The minimum Gasteiger partial charge on any atom is -0.456 e. The summed E-state index contributed by atoms with van der Waals surface area (Å²) in [5.41, 5.74) is 1.99. The highest BCUT2D eigenvalue weighted by atomic mass is 32.2. The molecule has 0 unspecified atom stereocenters. The number of rotatable bonds is 6. The highest BCUT2D eigenvalue weighted by Crippen LogP contribution is 2.30. The van der Waals surface area contributed by atoms with Gasteiger partial charge in [-0.3, -0.25) is 4.79 Å². The first-order valence-electron chi connectivity index (χ1n) is 9.42. The lowest BCUT2D eigenvalue weighted by Crippen LogP contribution is -2.44. The predicted octanol–water partition coefficient (Wildman–Crippen LogP) is 3.98. The van der Waals surface area contributed by atoms with E-state index >= 15 is 0 Å². The van der Waals surface area contributed by atoms with Gasteiger partial charge in [-0.15, -0.1) is 0 Å². The van der Waals surface area contributed by atoms with Gasteiger partial charge in [-0.25, -0.2) is 8.70 Å². The second-order valence-electron chi connectivity index (χ2n) is 7.13. The van der Waals surface area contributed by atoms with Crippen molar-refractivity contribution in [2.24, 2.45) is 0 Å². The number of hydrogen-bond donors (Lipinski definition) is 1. The highest BCUT2D eigenvalue weighted by Gasteiger charge is 2.27. The van der Waals surface area contributed by atoms with Gasteiger partial charge < -0.3 is 9.73 Å². The van der Waals surface area contributed by atoms with Crippen LogP contribution in [0.4, 0.5) is 15.8 Å². The standard InChI is InChI=1S/C22H20FN3O4S/c1-25(2)31(28,29)26(17-10-7-15(23)8-11-17)14-22(27)24-16-9-12-19-18-5-3-4-6-20(18)30-21(19)13-16/h3-13H,14H2,1-2H3,(H,24,27). The Balaban J connectivity index is 1.60. The molecule has 3 aromatic carbocycles. The molecule has 0 fully saturated rings. The van der Waals surface area contributed by atoms with Gasteiger partial charge in [0.1, 0.15) is 23.5 Å². The van der Waals surface area contributed by atoms with Crippen molar-refractivity contribution >= 4 is 49.4 Å². The zero-order chi connectivity index (χ0) is 22.2. The van der Waals surface area contributed by atoms with Gasteiger partial charge in [-0.2, -0.15) is 12.7 Å². The Bertz CT molecular complexity index is 1360. The molecule has 1 amide bonds. The van der Waals surface area contributed by atoms with E-state index in [1.165, 1.54) is 26.2 Å². The fraction of sp³-hybridized carbons (Fsp3) is 0.136. The van der Waals surface area contributed by atoms with Gasteiger partial charge >= 0.3 is 10.2 Å². The van der Waals surface area contributed by atoms with Gasteiger partial charge in [0.25, 0.3) is 0 Å². The van der Waals surface area contributed by atoms with Gasteiger partial charge in [0.15, 0.2) is 0 Å². The highest BCUT2D eigenvalue weighted by molar-refractivity contribution is 7.90. The average molecular weight is 441 g/mol. The summed E-state index contributed by atoms with van der Waals surface area (Å²) < 4.78 is 46.5. The zero-order valence-electron chi connectivity index (χ0n) is 16.9. The molecule has 0 aliphatic carbocycles. The van der Waals surface area contributed by atoms with Gasteiger partial charge in [0, 0.05) is 36.6 Å². The smallest absolute Gasteiger partial charge is 0.304 e. The number of carbonyl (C=O) groups is 1. The topological polar surface area (TPSA) is 82.9 Å². The SMILES string of the molecule is CN(C)S(=O)(=O)N(CC(=O)Nc1ccc2c(c1)oc1ccccc12)c1ccc(F)cc1. The van der Waals surface area contributed by atoms with Crippen molar-refractivity contribution in [2.75, 3.05) is 30.3 Å². The van der Waals surface area contributed by atoms with Crippen molar-refractivity contribution in [3.63, 3.8) is 0 Å². The zero-order valence-corrected chi connectivity index (χ0v) is 17.7. The number of furan rings is 1. The first kappa shape index (κ1) is 20.8. The molecule has 0 bridgehead atoms. The Morgan fingerprint density at radius 2 is 1.65 bits per heavy atom. The van der Waals surface area contributed by atoms with Gasteiger partial charge in [-0.1, -0.05) is 18.2 Å². The van der Waals surface area contributed by atoms with Crippen LogP contribution in [0, 0.1) is 5.82 Å². The van der Waals surface area contributed by atoms with E-state index in [1.54, 1.807) is 12.1 Å². The van der Waals surface area contributed by atoms with E-state index in [0.29, 0.717) is 11.3 Å². The third kappa shape index (κ3) is 4.10. The Hall–Kier alpha value is -3.43. The molecule has 160 valence electrons. The second kappa shape index (κ2) is 8.01. The Kier molecular flexibility index (Phi) is 5.38. The number of nitrogens with one attached hydrogen (secondary N) is 1. The predicted molar refractivity (Wildman–Crippen MR) is 119 cm³/mol. The van der Waals surface area contributed by atoms with Gasteiger partial charge in [0.2, 0.25) is 5.91 Å². The summed E-state index contributed by atoms with van der Waals surface area (Å²) in [4.78, 5) is 12.7. The normalized spacial score (nSPS) is 11.9. The van der Waals surface area contributed by atoms with Crippen molar-refractivity contribution in [3.05, 3.63) is 72.5 Å². The average Bonchev–Trinajstić information content (AvgIpc) is 3.10. The third-order valence-corrected chi connectivity index (χ3v) is 6.62. The van der Waals surface area contributed by atoms with E-state index in [-0.39, 0.29) is 5.69 Å². The molecule has 0 atom stereocenters. The fourth-order valence-electron chi connectivity index (χ4n) is 3.25. The Morgan fingerprint density at radius 3 is 2.35 bits per heavy atom. The number of fused-ring (bicyclic) bond motifs is 3. The van der Waals surface area contributed by atoms with Crippen LogP contribution in [0.3, 0.4) is 0 Å². The summed E-state index contributed by atoms with van der Waals surface area (Å²) in [6.07, 6.45) is 0. The Morgan fingerprint density at radius 1 is 0.968 bits per heavy atom. The van der Waals surface area contributed by atoms with Gasteiger partial charge in [0.05, 0.1) is 5.69 Å². The molecule has 0 aliphatic heterocycles. The van der Waals surface area contributed by atoms with Crippen LogP contribution in [0.25, 0.3) is 21.9 Å². The van der Waals surface area contributed by atoms with Crippen molar-refractivity contribution < 1.29 is 22.0 Å². The second-order valence-corrected chi connectivity index (χ2v) is 9.20. The maximum Gasteiger partial charge on any atom is 0.304 e. The molecule has 1 heterocycles. The number of nitrogens with zero attached hydrogens (tertiary/aromatic N) is 2. The van der Waals surface area contributed by atoms with Crippen molar-refractivity contribution in [1.82, 2.24) is 4.31 Å². The molecule has 7 nitrogen and oxygen atoms in total. The molecule has 4 aromatic rings. The maximum absolute atomic E-state index is 13.3. The number of benzene rings is 3. The minimum atomic E-state index is -3.98. The number of anilines is 2. The largest absolute Gasteiger partial charge is 0.456 e. The van der Waals surface area contributed by atoms with Crippen LogP contribution in [0.2, 0.25) is 0 Å². The van der Waals surface area contributed by atoms with E-state index in [2.05, 4.69) is 5.32 Å². The lowest BCUT2D eigenvalue weighted by atomic mass is 10.1. The molecule has 0 aliphatic rings. The van der Waals surface area contributed by atoms with Crippen LogP contribution in [0.1, 0.15) is 0 Å². The molecule has 0 saturated heterocycles. The number of amides is 1. The quantitative estimate of drug-likeness (QED) is 0.491.